The highest BCUT2D eigenvalue weighted by molar-refractivity contribution is 6.33. The number of nitrogens with zero attached hydrogens (tertiary/aromatic N) is 1. The zero-order valence-corrected chi connectivity index (χ0v) is 12.2. The minimum absolute atomic E-state index is 0.0725. The molecule has 1 aromatic rings. The fourth-order valence-corrected chi connectivity index (χ4v) is 1.76. The lowest BCUT2D eigenvalue weighted by Crippen LogP contribution is -2.26. The van der Waals surface area contributed by atoms with E-state index in [0.717, 1.165) is 0 Å². The van der Waals surface area contributed by atoms with Crippen LogP contribution in [-0.4, -0.2) is 16.5 Å². The first kappa shape index (κ1) is 15.7. The number of rotatable bonds is 3. The molecule has 0 bridgehead atoms. The molecular weight excluding hydrogens is 293 g/mol. The van der Waals surface area contributed by atoms with E-state index in [1.54, 1.807) is 20.8 Å². The Balaban J connectivity index is 2.95. The van der Waals surface area contributed by atoms with Gasteiger partial charge in [-0.1, -0.05) is 17.7 Å². The molecule has 0 aliphatic rings. The number of alkyl halides is 1. The molecule has 0 saturated heterocycles. The van der Waals surface area contributed by atoms with E-state index in [9.17, 15) is 14.9 Å². The minimum Gasteiger partial charge on any atom is -0.459 e. The lowest BCUT2D eigenvalue weighted by atomic mass is 10.1. The first-order valence-corrected chi connectivity index (χ1v) is 6.24. The van der Waals surface area contributed by atoms with Crippen LogP contribution in [0.4, 0.5) is 5.69 Å². The molecule has 1 unspecified atom stereocenters. The van der Waals surface area contributed by atoms with Gasteiger partial charge in [0.05, 0.1) is 4.92 Å². The number of benzene rings is 1. The van der Waals surface area contributed by atoms with E-state index in [1.807, 2.05) is 0 Å². The second-order valence-corrected chi connectivity index (χ2v) is 5.71. The normalized spacial score (nSPS) is 12.9. The summed E-state index contributed by atoms with van der Waals surface area (Å²) >= 11 is 11.7. The average Bonchev–Trinajstić information content (AvgIpc) is 2.24. The maximum Gasteiger partial charge on any atom is 0.329 e. The van der Waals surface area contributed by atoms with Gasteiger partial charge in [-0.3, -0.25) is 14.9 Å². The highest BCUT2D eigenvalue weighted by Gasteiger charge is 2.26. The Bertz CT molecular complexity index is 511. The van der Waals surface area contributed by atoms with Crippen molar-refractivity contribution >= 4 is 34.9 Å². The molecule has 0 aromatic heterocycles. The highest BCUT2D eigenvalue weighted by atomic mass is 35.5. The molecule has 1 atom stereocenters. The van der Waals surface area contributed by atoms with Crippen molar-refractivity contribution in [2.75, 3.05) is 0 Å². The molecule has 0 fully saturated rings. The molecule has 0 spiro atoms. The van der Waals surface area contributed by atoms with Gasteiger partial charge in [0, 0.05) is 6.07 Å². The van der Waals surface area contributed by atoms with E-state index >= 15 is 0 Å². The SMILES string of the molecule is CC(C)(C)OC(=O)C(Cl)c1ccc([N+](=O)[O-])c(Cl)c1. The number of esters is 1. The van der Waals surface area contributed by atoms with E-state index < -0.39 is 21.9 Å². The van der Waals surface area contributed by atoms with Crippen LogP contribution >= 0.6 is 23.2 Å². The Morgan fingerprint density at radius 2 is 2.00 bits per heavy atom. The summed E-state index contributed by atoms with van der Waals surface area (Å²) < 4.78 is 5.12. The van der Waals surface area contributed by atoms with Crippen molar-refractivity contribution in [1.82, 2.24) is 0 Å². The van der Waals surface area contributed by atoms with Crippen molar-refractivity contribution in [2.45, 2.75) is 31.7 Å². The number of hydrogen-bond acceptors (Lipinski definition) is 4. The Kier molecular flexibility index (Phi) is 4.76. The van der Waals surface area contributed by atoms with Gasteiger partial charge in [-0.15, -0.1) is 11.6 Å². The average molecular weight is 306 g/mol. The zero-order valence-electron chi connectivity index (χ0n) is 10.6. The number of halogens is 2. The monoisotopic (exact) mass is 305 g/mol. The topological polar surface area (TPSA) is 69.4 Å². The fourth-order valence-electron chi connectivity index (χ4n) is 1.32. The van der Waals surface area contributed by atoms with Crippen LogP contribution in [0.1, 0.15) is 31.7 Å². The smallest absolute Gasteiger partial charge is 0.329 e. The minimum atomic E-state index is -1.06. The number of hydrogen-bond donors (Lipinski definition) is 0. The molecular formula is C12H13Cl2NO4. The molecule has 0 heterocycles. The Morgan fingerprint density at radius 1 is 1.42 bits per heavy atom. The Morgan fingerprint density at radius 3 is 2.42 bits per heavy atom. The van der Waals surface area contributed by atoms with Gasteiger partial charge in [0.1, 0.15) is 10.6 Å². The molecule has 5 nitrogen and oxygen atoms in total. The third kappa shape index (κ3) is 4.36. The van der Waals surface area contributed by atoms with Gasteiger partial charge in [0.15, 0.2) is 5.38 Å². The van der Waals surface area contributed by atoms with E-state index in [-0.39, 0.29) is 10.7 Å². The standard InChI is InChI=1S/C12H13Cl2NO4/c1-12(2,3)19-11(16)10(14)7-4-5-9(15(17)18)8(13)6-7/h4-6,10H,1-3H3. The third-order valence-corrected chi connectivity index (χ3v) is 2.81. The molecule has 0 amide bonds. The van der Waals surface area contributed by atoms with E-state index in [0.29, 0.717) is 5.56 Å². The van der Waals surface area contributed by atoms with Crippen LogP contribution in [0, 0.1) is 10.1 Å². The predicted octanol–water partition coefficient (Wildman–Crippen LogP) is 3.87. The Hall–Kier alpha value is -1.33. The number of carbonyl (C=O) groups excluding carboxylic acids is 1. The molecule has 0 aliphatic heterocycles. The summed E-state index contributed by atoms with van der Waals surface area (Å²) in [5, 5.41) is 9.49. The molecule has 0 saturated carbocycles. The van der Waals surface area contributed by atoms with Crippen LogP contribution < -0.4 is 0 Å². The summed E-state index contributed by atoms with van der Waals surface area (Å²) in [5.41, 5.74) is -0.542. The van der Waals surface area contributed by atoms with Crippen LogP contribution in [0.15, 0.2) is 18.2 Å². The van der Waals surface area contributed by atoms with E-state index in [2.05, 4.69) is 0 Å². The fraction of sp³-hybridized carbons (Fsp3) is 0.417. The van der Waals surface area contributed by atoms with Gasteiger partial charge >= 0.3 is 5.97 Å². The molecule has 0 N–H and O–H groups in total. The second kappa shape index (κ2) is 5.75. The van der Waals surface area contributed by atoms with Gasteiger partial charge in [-0.25, -0.2) is 0 Å². The molecule has 1 rings (SSSR count). The summed E-state index contributed by atoms with van der Waals surface area (Å²) in [6.45, 7) is 5.16. The summed E-state index contributed by atoms with van der Waals surface area (Å²) in [5.74, 6) is -0.626. The number of nitro groups is 1. The highest BCUT2D eigenvalue weighted by Crippen LogP contribution is 2.31. The summed E-state index contributed by atoms with van der Waals surface area (Å²) in [4.78, 5) is 21.8. The molecule has 1 aromatic carbocycles. The molecule has 104 valence electrons. The number of ether oxygens (including phenoxy) is 1. The van der Waals surface area contributed by atoms with Crippen molar-refractivity contribution in [2.24, 2.45) is 0 Å². The molecule has 19 heavy (non-hydrogen) atoms. The maximum atomic E-state index is 11.8. The van der Waals surface area contributed by atoms with E-state index in [1.165, 1.54) is 18.2 Å². The lowest BCUT2D eigenvalue weighted by Gasteiger charge is -2.21. The first-order chi connectivity index (χ1) is 8.61. The lowest BCUT2D eigenvalue weighted by molar-refractivity contribution is -0.384. The van der Waals surface area contributed by atoms with Crippen LogP contribution in [0.25, 0.3) is 0 Å². The van der Waals surface area contributed by atoms with Gasteiger partial charge in [0.25, 0.3) is 5.69 Å². The van der Waals surface area contributed by atoms with Crippen molar-refractivity contribution in [3.8, 4) is 0 Å². The van der Waals surface area contributed by atoms with Crippen molar-refractivity contribution in [3.05, 3.63) is 38.9 Å². The summed E-state index contributed by atoms with van der Waals surface area (Å²) in [6, 6.07) is 3.88. The van der Waals surface area contributed by atoms with Gasteiger partial charge in [-0.05, 0) is 32.4 Å². The summed E-state index contributed by atoms with van der Waals surface area (Å²) in [6.07, 6.45) is 0. The zero-order chi connectivity index (χ0) is 14.8. The molecule has 7 heteroatoms. The maximum absolute atomic E-state index is 11.8. The van der Waals surface area contributed by atoms with Gasteiger partial charge in [0.2, 0.25) is 0 Å². The predicted molar refractivity (Wildman–Crippen MR) is 72.5 cm³/mol. The van der Waals surface area contributed by atoms with Gasteiger partial charge in [-0.2, -0.15) is 0 Å². The largest absolute Gasteiger partial charge is 0.459 e. The van der Waals surface area contributed by atoms with Crippen molar-refractivity contribution in [1.29, 1.82) is 0 Å². The third-order valence-electron chi connectivity index (χ3n) is 2.07. The van der Waals surface area contributed by atoms with Crippen LogP contribution in [0.3, 0.4) is 0 Å². The van der Waals surface area contributed by atoms with Gasteiger partial charge < -0.3 is 4.74 Å². The molecule has 0 radical (unpaired) electrons. The van der Waals surface area contributed by atoms with Crippen LogP contribution in [0.2, 0.25) is 5.02 Å². The van der Waals surface area contributed by atoms with Crippen molar-refractivity contribution < 1.29 is 14.5 Å². The van der Waals surface area contributed by atoms with Crippen molar-refractivity contribution in [3.63, 3.8) is 0 Å². The van der Waals surface area contributed by atoms with E-state index in [4.69, 9.17) is 27.9 Å². The number of nitro benzene ring substituents is 1. The van der Waals surface area contributed by atoms with Crippen LogP contribution in [-0.2, 0) is 9.53 Å². The first-order valence-electron chi connectivity index (χ1n) is 5.42. The van der Waals surface area contributed by atoms with Crippen LogP contribution in [0.5, 0.6) is 0 Å². The number of carbonyl (C=O) groups is 1. The summed E-state index contributed by atoms with van der Waals surface area (Å²) in [7, 11) is 0. The second-order valence-electron chi connectivity index (χ2n) is 4.86. The quantitative estimate of drug-likeness (QED) is 0.368. The Labute approximate surface area is 120 Å². The molecule has 0 aliphatic carbocycles.